The largest absolute Gasteiger partial charge is 0.369 e. The second-order valence-electron chi connectivity index (χ2n) is 4.99. The molecule has 0 aliphatic carbocycles. The molecule has 1 N–H and O–H groups in total. The van der Waals surface area contributed by atoms with E-state index in [1.807, 2.05) is 12.1 Å². The van der Waals surface area contributed by atoms with E-state index in [4.69, 9.17) is 6.42 Å². The molecule has 0 amide bonds. The van der Waals surface area contributed by atoms with Gasteiger partial charge in [-0.25, -0.2) is 0 Å². The van der Waals surface area contributed by atoms with E-state index in [0.29, 0.717) is 11.8 Å². The van der Waals surface area contributed by atoms with Crippen molar-refractivity contribution in [2.45, 2.75) is 39.2 Å². The van der Waals surface area contributed by atoms with Crippen molar-refractivity contribution in [3.8, 4) is 24.2 Å². The van der Waals surface area contributed by atoms with Crippen molar-refractivity contribution in [2.24, 2.45) is 5.92 Å². The Morgan fingerprint density at radius 3 is 2.61 bits per heavy atom. The Morgan fingerprint density at radius 2 is 2.00 bits per heavy atom. The van der Waals surface area contributed by atoms with Crippen LogP contribution in [-0.2, 0) is 0 Å². The lowest BCUT2D eigenvalue weighted by Crippen LogP contribution is -1.99. The zero-order valence-electron chi connectivity index (χ0n) is 11.3. The van der Waals surface area contributed by atoms with Crippen LogP contribution in [0.4, 0.5) is 0 Å². The Kier molecular flexibility index (Phi) is 5.50. The van der Waals surface area contributed by atoms with Gasteiger partial charge in [-0.15, -0.1) is 6.42 Å². The van der Waals surface area contributed by atoms with E-state index < -0.39 is 6.10 Å². The summed E-state index contributed by atoms with van der Waals surface area (Å²) in [6, 6.07) is 8.12. The molecule has 0 saturated carbocycles. The number of hydrogen-bond acceptors (Lipinski definition) is 1. The fourth-order valence-electron chi connectivity index (χ4n) is 1.96. The highest BCUT2D eigenvalue weighted by molar-refractivity contribution is 5.39. The van der Waals surface area contributed by atoms with Crippen molar-refractivity contribution in [1.82, 2.24) is 0 Å². The van der Waals surface area contributed by atoms with Crippen LogP contribution in [0.5, 0.6) is 0 Å². The van der Waals surface area contributed by atoms with Crippen LogP contribution in [0.15, 0.2) is 24.3 Å². The van der Waals surface area contributed by atoms with Crippen LogP contribution in [-0.4, -0.2) is 11.2 Å². The van der Waals surface area contributed by atoms with Gasteiger partial charge in [-0.05, 0) is 36.0 Å². The number of benzene rings is 1. The van der Waals surface area contributed by atoms with E-state index in [9.17, 15) is 5.11 Å². The molecule has 0 heterocycles. The van der Waals surface area contributed by atoms with Crippen molar-refractivity contribution in [1.29, 1.82) is 0 Å². The van der Waals surface area contributed by atoms with Crippen LogP contribution in [0.2, 0.25) is 0 Å². The molecule has 0 aliphatic heterocycles. The lowest BCUT2D eigenvalue weighted by atomic mass is 9.91. The van der Waals surface area contributed by atoms with E-state index in [1.54, 1.807) is 0 Å². The molecule has 2 atom stereocenters. The third-order valence-corrected chi connectivity index (χ3v) is 2.79. The molecule has 0 aliphatic rings. The summed E-state index contributed by atoms with van der Waals surface area (Å²) < 4.78 is 0. The van der Waals surface area contributed by atoms with Gasteiger partial charge in [0.05, 0.1) is 0 Å². The van der Waals surface area contributed by atoms with Crippen molar-refractivity contribution in [3.63, 3.8) is 0 Å². The highest BCUT2D eigenvalue weighted by Crippen LogP contribution is 2.23. The number of hydrogen-bond donors (Lipinski definition) is 1. The molecule has 1 rings (SSSR count). The maximum atomic E-state index is 9.21. The molecule has 0 bridgehead atoms. The normalized spacial score (nSPS) is 13.3. The van der Waals surface area contributed by atoms with Gasteiger partial charge in [-0.3, -0.25) is 0 Å². The van der Waals surface area contributed by atoms with Crippen molar-refractivity contribution in [2.75, 3.05) is 0 Å². The SMILES string of the molecule is C#CC(O)C#Cc1cccc(C(C)CC(C)C)c1. The van der Waals surface area contributed by atoms with E-state index in [1.165, 1.54) is 5.56 Å². The minimum atomic E-state index is -0.984. The molecule has 2 unspecified atom stereocenters. The molecular weight excluding hydrogens is 220 g/mol. The first kappa shape index (κ1) is 14.4. The van der Waals surface area contributed by atoms with Crippen molar-refractivity contribution >= 4 is 0 Å². The van der Waals surface area contributed by atoms with Gasteiger partial charge in [0, 0.05) is 5.56 Å². The molecule has 0 saturated heterocycles. The molecule has 1 aromatic rings. The fraction of sp³-hybridized carbons (Fsp3) is 0.412. The molecule has 0 fully saturated rings. The average Bonchev–Trinajstić information content (AvgIpc) is 2.35. The summed E-state index contributed by atoms with van der Waals surface area (Å²) in [5.41, 5.74) is 2.18. The van der Waals surface area contributed by atoms with E-state index in [2.05, 4.69) is 50.7 Å². The van der Waals surface area contributed by atoms with Crippen molar-refractivity contribution < 1.29 is 5.11 Å². The summed E-state index contributed by atoms with van der Waals surface area (Å²) in [6.45, 7) is 6.68. The van der Waals surface area contributed by atoms with Gasteiger partial charge in [0.25, 0.3) is 0 Å². The Labute approximate surface area is 110 Å². The van der Waals surface area contributed by atoms with Crippen LogP contribution in [0.3, 0.4) is 0 Å². The lowest BCUT2D eigenvalue weighted by molar-refractivity contribution is 0.290. The van der Waals surface area contributed by atoms with Gasteiger partial charge in [-0.1, -0.05) is 50.7 Å². The second-order valence-corrected chi connectivity index (χ2v) is 4.99. The van der Waals surface area contributed by atoms with Gasteiger partial charge in [0.1, 0.15) is 0 Å². The molecule has 1 heteroatoms. The topological polar surface area (TPSA) is 20.2 Å². The molecule has 0 radical (unpaired) electrons. The molecule has 1 nitrogen and oxygen atoms in total. The van der Waals surface area contributed by atoms with Crippen LogP contribution in [0.1, 0.15) is 44.2 Å². The zero-order chi connectivity index (χ0) is 13.5. The summed E-state index contributed by atoms with van der Waals surface area (Å²) in [5.74, 6) is 8.90. The zero-order valence-corrected chi connectivity index (χ0v) is 11.3. The number of aliphatic hydroxyl groups excluding tert-OH is 1. The highest BCUT2D eigenvalue weighted by Gasteiger charge is 2.07. The van der Waals surface area contributed by atoms with Crippen LogP contribution >= 0.6 is 0 Å². The maximum Gasteiger partial charge on any atom is 0.176 e. The quantitative estimate of drug-likeness (QED) is 0.805. The second kappa shape index (κ2) is 6.90. The molecule has 18 heavy (non-hydrogen) atoms. The molecule has 0 spiro atoms. The Morgan fingerprint density at radius 1 is 1.28 bits per heavy atom. The van der Waals surface area contributed by atoms with Gasteiger partial charge in [0.2, 0.25) is 0 Å². The summed E-state index contributed by atoms with van der Waals surface area (Å²) >= 11 is 0. The first-order chi connectivity index (χ1) is 8.52. The summed E-state index contributed by atoms with van der Waals surface area (Å²) in [4.78, 5) is 0. The first-order valence-corrected chi connectivity index (χ1v) is 6.28. The third kappa shape index (κ3) is 4.66. The summed E-state index contributed by atoms with van der Waals surface area (Å²) in [7, 11) is 0. The minimum Gasteiger partial charge on any atom is -0.369 e. The predicted molar refractivity (Wildman–Crippen MR) is 76.0 cm³/mol. The Bertz CT molecular complexity index is 482. The summed E-state index contributed by atoms with van der Waals surface area (Å²) in [6.07, 6.45) is 5.24. The van der Waals surface area contributed by atoms with Gasteiger partial charge in [0.15, 0.2) is 6.10 Å². The molecular formula is C17H20O. The van der Waals surface area contributed by atoms with Gasteiger partial charge in [-0.2, -0.15) is 0 Å². The standard InChI is InChI=1S/C17H20O/c1-5-17(18)10-9-15-7-6-8-16(12-15)14(4)11-13(2)3/h1,6-8,12-14,17-18H,11H2,2-4H3. The van der Waals surface area contributed by atoms with Gasteiger partial charge >= 0.3 is 0 Å². The highest BCUT2D eigenvalue weighted by atomic mass is 16.3. The lowest BCUT2D eigenvalue weighted by Gasteiger charge is -2.14. The molecule has 0 aromatic heterocycles. The smallest absolute Gasteiger partial charge is 0.176 e. The average molecular weight is 240 g/mol. The maximum absolute atomic E-state index is 9.21. The monoisotopic (exact) mass is 240 g/mol. The predicted octanol–water partition coefficient (Wildman–Crippen LogP) is 3.18. The minimum absolute atomic E-state index is 0.518. The first-order valence-electron chi connectivity index (χ1n) is 6.28. The number of rotatable bonds is 3. The number of aliphatic hydroxyl groups is 1. The van der Waals surface area contributed by atoms with E-state index in [0.717, 1.165) is 12.0 Å². The number of terminal acetylenes is 1. The third-order valence-electron chi connectivity index (χ3n) is 2.79. The Balaban J connectivity index is 2.85. The van der Waals surface area contributed by atoms with Crippen LogP contribution in [0.25, 0.3) is 0 Å². The van der Waals surface area contributed by atoms with E-state index in [-0.39, 0.29) is 0 Å². The van der Waals surface area contributed by atoms with Crippen molar-refractivity contribution in [3.05, 3.63) is 35.4 Å². The van der Waals surface area contributed by atoms with Gasteiger partial charge < -0.3 is 5.11 Å². The van der Waals surface area contributed by atoms with Crippen LogP contribution in [0, 0.1) is 30.1 Å². The van der Waals surface area contributed by atoms with E-state index >= 15 is 0 Å². The fourth-order valence-corrected chi connectivity index (χ4v) is 1.96. The molecule has 1 aromatic carbocycles. The Hall–Kier alpha value is -1.70. The van der Waals surface area contributed by atoms with Crippen LogP contribution < -0.4 is 0 Å². The summed E-state index contributed by atoms with van der Waals surface area (Å²) in [5, 5.41) is 9.21. The molecule has 94 valence electrons.